The Hall–Kier alpha value is -0.800. The molecule has 3 nitrogen and oxygen atoms in total. The maximum atomic E-state index is 9.06. The summed E-state index contributed by atoms with van der Waals surface area (Å²) >= 11 is 6.24. The summed E-state index contributed by atoms with van der Waals surface area (Å²) in [5, 5.41) is 9.68. The predicted molar refractivity (Wildman–Crippen MR) is 77.2 cm³/mol. The summed E-state index contributed by atoms with van der Waals surface area (Å²) < 4.78 is 0. The van der Waals surface area contributed by atoms with Gasteiger partial charge in [-0.15, -0.1) is 0 Å². The van der Waals surface area contributed by atoms with Crippen LogP contribution < -0.4 is 4.90 Å². The maximum absolute atomic E-state index is 9.06. The Morgan fingerprint density at radius 1 is 1.39 bits per heavy atom. The average molecular weight is 271 g/mol. The molecule has 0 bridgehead atoms. The van der Waals surface area contributed by atoms with E-state index in [0.717, 1.165) is 24.3 Å². The van der Waals surface area contributed by atoms with Gasteiger partial charge in [-0.3, -0.25) is 0 Å². The Kier molecular flexibility index (Phi) is 6.44. The highest BCUT2D eigenvalue weighted by molar-refractivity contribution is 6.33. The van der Waals surface area contributed by atoms with Crippen LogP contribution in [0, 0.1) is 0 Å². The molecule has 0 atom stereocenters. The minimum atomic E-state index is -0.0233. The number of nitrogens with zero attached hydrogens (tertiary/aromatic N) is 2. The van der Waals surface area contributed by atoms with Gasteiger partial charge in [0.15, 0.2) is 0 Å². The highest BCUT2D eigenvalue weighted by Gasteiger charge is 2.15. The fraction of sp³-hybridized carbons (Fsp3) is 0.643. The SMILES string of the molecule is CCCCCN(c1ncc(CO)cc1Cl)C(C)C. The summed E-state index contributed by atoms with van der Waals surface area (Å²) in [6, 6.07) is 2.16. The van der Waals surface area contributed by atoms with Gasteiger partial charge in [0.25, 0.3) is 0 Å². The standard InChI is InChI=1S/C14H23ClN2O/c1-4-5-6-7-17(11(2)3)14-13(15)8-12(10-18)9-16-14/h8-9,11,18H,4-7,10H2,1-3H3. The van der Waals surface area contributed by atoms with Gasteiger partial charge in [0, 0.05) is 18.8 Å². The lowest BCUT2D eigenvalue weighted by Crippen LogP contribution is -2.32. The Balaban J connectivity index is 2.84. The van der Waals surface area contributed by atoms with E-state index in [9.17, 15) is 0 Å². The minimum absolute atomic E-state index is 0.0233. The molecule has 18 heavy (non-hydrogen) atoms. The first-order chi connectivity index (χ1) is 8.60. The van der Waals surface area contributed by atoms with Crippen LogP contribution >= 0.6 is 11.6 Å². The molecule has 1 aromatic heterocycles. The molecule has 0 amide bonds. The lowest BCUT2D eigenvalue weighted by atomic mass is 10.2. The van der Waals surface area contributed by atoms with Crippen LogP contribution in [0.15, 0.2) is 12.3 Å². The summed E-state index contributed by atoms with van der Waals surface area (Å²) in [6.45, 7) is 7.43. The number of aromatic nitrogens is 1. The molecule has 0 aliphatic carbocycles. The number of pyridine rings is 1. The Morgan fingerprint density at radius 2 is 2.11 bits per heavy atom. The zero-order valence-electron chi connectivity index (χ0n) is 11.5. The van der Waals surface area contributed by atoms with Crippen molar-refractivity contribution >= 4 is 17.4 Å². The molecule has 0 saturated heterocycles. The van der Waals surface area contributed by atoms with Crippen molar-refractivity contribution in [2.24, 2.45) is 0 Å². The highest BCUT2D eigenvalue weighted by atomic mass is 35.5. The molecule has 0 spiro atoms. The fourth-order valence-electron chi connectivity index (χ4n) is 1.91. The van der Waals surface area contributed by atoms with Gasteiger partial charge in [0.05, 0.1) is 11.6 Å². The number of aliphatic hydroxyl groups excluding tert-OH is 1. The molecule has 0 fully saturated rings. The van der Waals surface area contributed by atoms with Crippen molar-refractivity contribution in [3.63, 3.8) is 0 Å². The number of unbranched alkanes of at least 4 members (excludes halogenated alkanes) is 2. The van der Waals surface area contributed by atoms with Gasteiger partial charge >= 0.3 is 0 Å². The molecule has 1 aromatic rings. The van der Waals surface area contributed by atoms with Gasteiger partial charge in [0.2, 0.25) is 0 Å². The van der Waals surface area contributed by atoms with Crippen LogP contribution in [-0.4, -0.2) is 22.7 Å². The average Bonchev–Trinajstić information content (AvgIpc) is 2.35. The molecule has 0 radical (unpaired) electrons. The summed E-state index contributed by atoms with van der Waals surface area (Å²) in [5.74, 6) is 0.819. The van der Waals surface area contributed by atoms with E-state index in [4.69, 9.17) is 16.7 Å². The largest absolute Gasteiger partial charge is 0.392 e. The molecule has 102 valence electrons. The van der Waals surface area contributed by atoms with Crippen molar-refractivity contribution in [2.45, 2.75) is 52.7 Å². The van der Waals surface area contributed by atoms with Crippen LogP contribution in [0.1, 0.15) is 45.6 Å². The number of hydrogen-bond acceptors (Lipinski definition) is 3. The Labute approximate surface area is 115 Å². The molecule has 0 aliphatic rings. The molecule has 0 aromatic carbocycles. The number of aliphatic hydroxyl groups is 1. The normalized spacial score (nSPS) is 11.0. The quantitative estimate of drug-likeness (QED) is 0.769. The topological polar surface area (TPSA) is 36.4 Å². The van der Waals surface area contributed by atoms with Crippen molar-refractivity contribution in [3.8, 4) is 0 Å². The summed E-state index contributed by atoms with van der Waals surface area (Å²) in [6.07, 6.45) is 5.26. The monoisotopic (exact) mass is 270 g/mol. The predicted octanol–water partition coefficient (Wildman–Crippen LogP) is 3.63. The molecule has 0 aliphatic heterocycles. The maximum Gasteiger partial charge on any atom is 0.147 e. The second-order valence-electron chi connectivity index (χ2n) is 4.80. The summed E-state index contributed by atoms with van der Waals surface area (Å²) in [4.78, 5) is 6.60. The molecule has 4 heteroatoms. The van der Waals surface area contributed by atoms with Gasteiger partial charge in [-0.05, 0) is 31.9 Å². The molecule has 0 unspecified atom stereocenters. The van der Waals surface area contributed by atoms with E-state index in [1.807, 2.05) is 0 Å². The lowest BCUT2D eigenvalue weighted by Gasteiger charge is -2.28. The van der Waals surface area contributed by atoms with E-state index >= 15 is 0 Å². The van der Waals surface area contributed by atoms with E-state index in [0.29, 0.717) is 11.1 Å². The smallest absolute Gasteiger partial charge is 0.147 e. The fourth-order valence-corrected chi connectivity index (χ4v) is 2.21. The Bertz CT molecular complexity index is 369. The summed E-state index contributed by atoms with van der Waals surface area (Å²) in [5.41, 5.74) is 0.751. The van der Waals surface area contributed by atoms with Crippen LogP contribution in [0.25, 0.3) is 0 Å². The van der Waals surface area contributed by atoms with Crippen molar-refractivity contribution in [1.82, 2.24) is 4.98 Å². The Morgan fingerprint density at radius 3 is 2.61 bits per heavy atom. The van der Waals surface area contributed by atoms with Gasteiger partial charge < -0.3 is 10.0 Å². The third-order valence-corrected chi connectivity index (χ3v) is 3.24. The van der Waals surface area contributed by atoms with Crippen molar-refractivity contribution < 1.29 is 5.11 Å². The third kappa shape index (κ3) is 4.14. The highest BCUT2D eigenvalue weighted by Crippen LogP contribution is 2.26. The van der Waals surface area contributed by atoms with Crippen LogP contribution in [0.5, 0.6) is 0 Å². The van der Waals surface area contributed by atoms with Gasteiger partial charge in [-0.25, -0.2) is 4.98 Å². The molecular formula is C14H23ClN2O. The van der Waals surface area contributed by atoms with E-state index in [2.05, 4.69) is 30.7 Å². The molecule has 0 saturated carbocycles. The first-order valence-corrected chi connectivity index (χ1v) is 6.99. The zero-order valence-corrected chi connectivity index (χ0v) is 12.2. The van der Waals surface area contributed by atoms with Crippen LogP contribution in [-0.2, 0) is 6.61 Å². The first kappa shape index (κ1) is 15.3. The van der Waals surface area contributed by atoms with Crippen LogP contribution in [0.4, 0.5) is 5.82 Å². The van der Waals surface area contributed by atoms with Gasteiger partial charge in [-0.2, -0.15) is 0 Å². The number of halogens is 1. The molecular weight excluding hydrogens is 248 g/mol. The molecule has 1 heterocycles. The van der Waals surface area contributed by atoms with E-state index < -0.39 is 0 Å². The van der Waals surface area contributed by atoms with E-state index in [-0.39, 0.29) is 6.61 Å². The number of anilines is 1. The number of hydrogen-bond donors (Lipinski definition) is 1. The van der Waals surface area contributed by atoms with E-state index in [1.165, 1.54) is 12.8 Å². The minimum Gasteiger partial charge on any atom is -0.392 e. The van der Waals surface area contributed by atoms with Crippen LogP contribution in [0.2, 0.25) is 5.02 Å². The van der Waals surface area contributed by atoms with Gasteiger partial charge in [0.1, 0.15) is 5.82 Å². The van der Waals surface area contributed by atoms with Crippen molar-refractivity contribution in [3.05, 3.63) is 22.8 Å². The van der Waals surface area contributed by atoms with E-state index in [1.54, 1.807) is 12.3 Å². The molecule has 1 rings (SSSR count). The van der Waals surface area contributed by atoms with Crippen molar-refractivity contribution in [2.75, 3.05) is 11.4 Å². The number of rotatable bonds is 7. The van der Waals surface area contributed by atoms with Crippen molar-refractivity contribution in [1.29, 1.82) is 0 Å². The zero-order chi connectivity index (χ0) is 13.5. The summed E-state index contributed by atoms with van der Waals surface area (Å²) in [7, 11) is 0. The molecule has 1 N–H and O–H groups in total. The second kappa shape index (κ2) is 7.59. The lowest BCUT2D eigenvalue weighted by molar-refractivity contribution is 0.281. The van der Waals surface area contributed by atoms with Crippen LogP contribution in [0.3, 0.4) is 0 Å². The first-order valence-electron chi connectivity index (χ1n) is 6.62. The van der Waals surface area contributed by atoms with Gasteiger partial charge in [-0.1, -0.05) is 31.4 Å². The second-order valence-corrected chi connectivity index (χ2v) is 5.21. The third-order valence-electron chi connectivity index (χ3n) is 2.96.